The number of halogens is 1. The summed E-state index contributed by atoms with van der Waals surface area (Å²) in [5.74, 6) is -0.165. The number of carbonyl (C=O) groups excluding carboxylic acids is 1. The van der Waals surface area contributed by atoms with Gasteiger partial charge >= 0.3 is 0 Å². The Bertz CT molecular complexity index is 841. The lowest BCUT2D eigenvalue weighted by atomic mass is 10.2. The second kappa shape index (κ2) is 5.39. The van der Waals surface area contributed by atoms with Gasteiger partial charge in [-0.15, -0.1) is 11.3 Å². The molecule has 0 unspecified atom stereocenters. The molecule has 21 heavy (non-hydrogen) atoms. The van der Waals surface area contributed by atoms with Gasteiger partial charge in [-0.2, -0.15) is 0 Å². The molecule has 3 N–H and O–H groups in total. The molecule has 0 bridgehead atoms. The summed E-state index contributed by atoms with van der Waals surface area (Å²) in [6.45, 7) is 1.95. The van der Waals surface area contributed by atoms with Crippen molar-refractivity contribution in [2.75, 3.05) is 11.1 Å². The molecule has 0 aliphatic rings. The minimum atomic E-state index is -0.165. The van der Waals surface area contributed by atoms with E-state index in [4.69, 9.17) is 17.3 Å². The largest absolute Gasteiger partial charge is 0.399 e. The number of nitrogens with two attached hydrogens (primary N) is 1. The number of rotatable bonds is 2. The van der Waals surface area contributed by atoms with Crippen LogP contribution in [0.5, 0.6) is 0 Å². The number of hydrogen-bond acceptors (Lipinski definition) is 3. The molecule has 0 radical (unpaired) electrons. The van der Waals surface area contributed by atoms with E-state index in [1.54, 1.807) is 6.07 Å². The van der Waals surface area contributed by atoms with E-state index in [1.165, 1.54) is 11.3 Å². The molecular formula is C16H13ClN2OS. The molecular weight excluding hydrogens is 304 g/mol. The van der Waals surface area contributed by atoms with Crippen molar-refractivity contribution in [3.05, 3.63) is 57.9 Å². The molecule has 3 rings (SSSR count). The quantitative estimate of drug-likeness (QED) is 0.673. The normalized spacial score (nSPS) is 10.8. The number of carbonyl (C=O) groups is 1. The van der Waals surface area contributed by atoms with Gasteiger partial charge in [0.2, 0.25) is 0 Å². The lowest BCUT2D eigenvalue weighted by molar-refractivity contribution is 0.103. The Labute approximate surface area is 131 Å². The number of benzene rings is 2. The van der Waals surface area contributed by atoms with Crippen LogP contribution in [0.15, 0.2) is 42.5 Å². The molecule has 0 aliphatic carbocycles. The fraction of sp³-hybridized carbons (Fsp3) is 0.0625. The number of amides is 1. The van der Waals surface area contributed by atoms with Crippen molar-refractivity contribution in [3.63, 3.8) is 0 Å². The van der Waals surface area contributed by atoms with Crippen molar-refractivity contribution >= 4 is 50.3 Å². The summed E-state index contributed by atoms with van der Waals surface area (Å²) in [6.07, 6.45) is 0. The van der Waals surface area contributed by atoms with Gasteiger partial charge in [-0.25, -0.2) is 0 Å². The highest BCUT2D eigenvalue weighted by Gasteiger charge is 2.12. The number of thiophene rings is 1. The Morgan fingerprint density at radius 1 is 1.19 bits per heavy atom. The van der Waals surface area contributed by atoms with Gasteiger partial charge in [0.25, 0.3) is 5.91 Å². The zero-order valence-corrected chi connectivity index (χ0v) is 12.9. The summed E-state index contributed by atoms with van der Waals surface area (Å²) in [7, 11) is 0. The molecule has 0 atom stereocenters. The summed E-state index contributed by atoms with van der Waals surface area (Å²) in [5.41, 5.74) is 8.11. The molecule has 106 valence electrons. The average molecular weight is 317 g/mol. The van der Waals surface area contributed by atoms with Crippen molar-refractivity contribution in [1.82, 2.24) is 0 Å². The molecule has 0 spiro atoms. The van der Waals surface area contributed by atoms with Gasteiger partial charge in [0, 0.05) is 10.4 Å². The number of fused-ring (bicyclic) bond motifs is 1. The van der Waals surface area contributed by atoms with Crippen molar-refractivity contribution in [1.29, 1.82) is 0 Å². The highest BCUT2D eigenvalue weighted by Crippen LogP contribution is 2.29. The van der Waals surface area contributed by atoms with Crippen LogP contribution in [0.3, 0.4) is 0 Å². The van der Waals surface area contributed by atoms with E-state index in [9.17, 15) is 4.79 Å². The number of nitrogens with one attached hydrogen (secondary N) is 1. The van der Waals surface area contributed by atoms with Crippen LogP contribution in [0, 0.1) is 6.92 Å². The molecule has 0 saturated carbocycles. The first-order valence-electron chi connectivity index (χ1n) is 6.39. The maximum atomic E-state index is 12.3. The Hall–Kier alpha value is -2.04. The minimum Gasteiger partial charge on any atom is -0.399 e. The highest BCUT2D eigenvalue weighted by atomic mass is 35.5. The maximum absolute atomic E-state index is 12.3. The predicted octanol–water partition coefficient (Wildman–Crippen LogP) is 4.70. The maximum Gasteiger partial charge on any atom is 0.265 e. The Balaban J connectivity index is 1.91. The molecule has 0 fully saturated rings. The summed E-state index contributed by atoms with van der Waals surface area (Å²) >= 11 is 7.53. The van der Waals surface area contributed by atoms with Crippen molar-refractivity contribution in [2.45, 2.75) is 6.92 Å². The highest BCUT2D eigenvalue weighted by molar-refractivity contribution is 7.20. The van der Waals surface area contributed by atoms with Gasteiger partial charge in [-0.05, 0) is 54.3 Å². The monoisotopic (exact) mass is 316 g/mol. The van der Waals surface area contributed by atoms with Gasteiger partial charge < -0.3 is 11.1 Å². The molecule has 1 aromatic heterocycles. The zero-order valence-electron chi connectivity index (χ0n) is 11.3. The third kappa shape index (κ3) is 2.86. The van der Waals surface area contributed by atoms with Gasteiger partial charge in [0.05, 0.1) is 15.6 Å². The SMILES string of the molecule is Cc1ccc(Cl)c(NC(=O)c2cc3cc(N)ccc3s2)c1. The Morgan fingerprint density at radius 3 is 2.81 bits per heavy atom. The number of hydrogen-bond donors (Lipinski definition) is 2. The molecule has 5 heteroatoms. The van der Waals surface area contributed by atoms with Crippen LogP contribution in [0.1, 0.15) is 15.2 Å². The summed E-state index contributed by atoms with van der Waals surface area (Å²) < 4.78 is 1.03. The predicted molar refractivity (Wildman–Crippen MR) is 90.4 cm³/mol. The Kier molecular flexibility index (Phi) is 3.57. The van der Waals surface area contributed by atoms with Crippen LogP contribution < -0.4 is 11.1 Å². The molecule has 2 aromatic carbocycles. The van der Waals surface area contributed by atoms with Crippen LogP contribution in [-0.4, -0.2) is 5.91 Å². The van der Waals surface area contributed by atoms with Crippen LogP contribution in [-0.2, 0) is 0 Å². The summed E-state index contributed by atoms with van der Waals surface area (Å²) in [4.78, 5) is 13.0. The van der Waals surface area contributed by atoms with Gasteiger partial charge in [-0.1, -0.05) is 17.7 Å². The molecule has 3 aromatic rings. The standard InChI is InChI=1S/C16H13ClN2OS/c1-9-2-4-12(17)13(6-9)19-16(20)15-8-10-7-11(18)3-5-14(10)21-15/h2-8H,18H2,1H3,(H,19,20). The van der Waals surface area contributed by atoms with E-state index in [-0.39, 0.29) is 5.91 Å². The molecule has 3 nitrogen and oxygen atoms in total. The van der Waals surface area contributed by atoms with E-state index in [0.29, 0.717) is 21.3 Å². The zero-order chi connectivity index (χ0) is 15.0. The molecule has 0 aliphatic heterocycles. The van der Waals surface area contributed by atoms with Crippen LogP contribution in [0.4, 0.5) is 11.4 Å². The fourth-order valence-corrected chi connectivity index (χ4v) is 3.20. The second-order valence-corrected chi connectivity index (χ2v) is 6.34. The third-order valence-electron chi connectivity index (χ3n) is 3.13. The van der Waals surface area contributed by atoms with Crippen LogP contribution in [0.2, 0.25) is 5.02 Å². The van der Waals surface area contributed by atoms with E-state index >= 15 is 0 Å². The van der Waals surface area contributed by atoms with E-state index in [1.807, 2.05) is 43.3 Å². The molecule has 1 heterocycles. The minimum absolute atomic E-state index is 0.165. The number of anilines is 2. The van der Waals surface area contributed by atoms with Crippen molar-refractivity contribution in [2.24, 2.45) is 0 Å². The first-order valence-corrected chi connectivity index (χ1v) is 7.59. The fourth-order valence-electron chi connectivity index (χ4n) is 2.09. The first-order chi connectivity index (χ1) is 10.0. The Morgan fingerprint density at radius 2 is 2.00 bits per heavy atom. The van der Waals surface area contributed by atoms with E-state index in [2.05, 4.69) is 5.32 Å². The lowest BCUT2D eigenvalue weighted by Gasteiger charge is -2.06. The molecule has 0 saturated heterocycles. The smallest absolute Gasteiger partial charge is 0.265 e. The first kappa shape index (κ1) is 13.9. The van der Waals surface area contributed by atoms with Crippen molar-refractivity contribution < 1.29 is 4.79 Å². The average Bonchev–Trinajstić information content (AvgIpc) is 2.86. The van der Waals surface area contributed by atoms with E-state index in [0.717, 1.165) is 15.6 Å². The second-order valence-electron chi connectivity index (χ2n) is 4.85. The van der Waals surface area contributed by atoms with Gasteiger partial charge in [-0.3, -0.25) is 4.79 Å². The third-order valence-corrected chi connectivity index (χ3v) is 4.58. The van der Waals surface area contributed by atoms with Gasteiger partial charge in [0.1, 0.15) is 0 Å². The van der Waals surface area contributed by atoms with Crippen LogP contribution >= 0.6 is 22.9 Å². The topological polar surface area (TPSA) is 55.1 Å². The van der Waals surface area contributed by atoms with Crippen LogP contribution in [0.25, 0.3) is 10.1 Å². The van der Waals surface area contributed by atoms with E-state index < -0.39 is 0 Å². The van der Waals surface area contributed by atoms with Gasteiger partial charge in [0.15, 0.2) is 0 Å². The number of nitrogen functional groups attached to an aromatic ring is 1. The lowest BCUT2D eigenvalue weighted by Crippen LogP contribution is -2.10. The number of aryl methyl sites for hydroxylation is 1. The molecule has 1 amide bonds. The summed E-state index contributed by atoms with van der Waals surface area (Å²) in [5, 5.41) is 4.35. The summed E-state index contributed by atoms with van der Waals surface area (Å²) in [6, 6.07) is 13.0. The van der Waals surface area contributed by atoms with Crippen molar-refractivity contribution in [3.8, 4) is 0 Å².